The number of aromatic amines is 1. The summed E-state index contributed by atoms with van der Waals surface area (Å²) in [7, 11) is 0. The second-order valence-electron chi connectivity index (χ2n) is 3.44. The van der Waals surface area contributed by atoms with E-state index in [4.69, 9.17) is 0 Å². The van der Waals surface area contributed by atoms with Crippen LogP contribution < -0.4 is 5.56 Å². The molecule has 0 unspecified atom stereocenters. The Hall–Kier alpha value is -2.43. The van der Waals surface area contributed by atoms with Crippen molar-refractivity contribution in [2.24, 2.45) is 0 Å². The zero-order chi connectivity index (χ0) is 11.1. The molecule has 0 spiro atoms. The zero-order valence-corrected chi connectivity index (χ0v) is 8.18. The van der Waals surface area contributed by atoms with Gasteiger partial charge >= 0.3 is 0 Å². The average Bonchev–Trinajstić information content (AvgIpc) is 2.72. The van der Waals surface area contributed by atoms with E-state index in [0.29, 0.717) is 28.4 Å². The van der Waals surface area contributed by atoms with Crippen LogP contribution in [0.4, 0.5) is 0 Å². The Labute approximate surface area is 89.3 Å². The van der Waals surface area contributed by atoms with Gasteiger partial charge in [-0.25, -0.2) is 9.50 Å². The van der Waals surface area contributed by atoms with Crippen LogP contribution in [-0.2, 0) is 0 Å². The topological polar surface area (TPSA) is 67.2 Å². The van der Waals surface area contributed by atoms with Crippen LogP contribution in [0.3, 0.4) is 0 Å². The highest BCUT2D eigenvalue weighted by Gasteiger charge is 2.09. The molecule has 78 valence electrons. The summed E-state index contributed by atoms with van der Waals surface area (Å²) in [4.78, 5) is 27.0. The number of para-hydroxylation sites is 1. The van der Waals surface area contributed by atoms with Gasteiger partial charge in [-0.15, -0.1) is 0 Å². The smallest absolute Gasteiger partial charge is 0.280 e. The molecular formula is C11H7N3O2. The molecule has 5 nitrogen and oxygen atoms in total. The van der Waals surface area contributed by atoms with Crippen LogP contribution in [-0.4, -0.2) is 20.9 Å². The van der Waals surface area contributed by atoms with E-state index in [1.165, 1.54) is 10.7 Å². The second kappa shape index (κ2) is 3.03. The quantitative estimate of drug-likeness (QED) is 0.613. The van der Waals surface area contributed by atoms with Gasteiger partial charge in [0.2, 0.25) is 0 Å². The van der Waals surface area contributed by atoms with E-state index in [1.54, 1.807) is 24.3 Å². The van der Waals surface area contributed by atoms with Crippen molar-refractivity contribution in [2.75, 3.05) is 0 Å². The molecule has 0 aliphatic heterocycles. The van der Waals surface area contributed by atoms with Gasteiger partial charge in [-0.05, 0) is 12.1 Å². The molecule has 2 heterocycles. The molecule has 5 heteroatoms. The van der Waals surface area contributed by atoms with Gasteiger partial charge in [0.1, 0.15) is 0 Å². The minimum Gasteiger partial charge on any atom is -0.298 e. The minimum atomic E-state index is -0.200. The minimum absolute atomic E-state index is 0.200. The SMILES string of the molecule is O=Cc1c[nH]n2c(=O)c3ccccc3nc12. The molecule has 0 bridgehead atoms. The summed E-state index contributed by atoms with van der Waals surface area (Å²) in [5.41, 5.74) is 1.13. The number of nitrogens with one attached hydrogen (secondary N) is 1. The third-order valence-corrected chi connectivity index (χ3v) is 2.51. The highest BCUT2D eigenvalue weighted by molar-refractivity contribution is 5.87. The second-order valence-corrected chi connectivity index (χ2v) is 3.44. The Morgan fingerprint density at radius 1 is 1.31 bits per heavy atom. The number of hydrogen-bond donors (Lipinski definition) is 1. The maximum absolute atomic E-state index is 12.0. The fourth-order valence-electron chi connectivity index (χ4n) is 1.73. The molecule has 0 aliphatic rings. The van der Waals surface area contributed by atoms with E-state index in [-0.39, 0.29) is 5.56 Å². The molecule has 0 fully saturated rings. The number of benzene rings is 1. The summed E-state index contributed by atoms with van der Waals surface area (Å²) in [6, 6.07) is 7.04. The lowest BCUT2D eigenvalue weighted by atomic mass is 10.2. The van der Waals surface area contributed by atoms with Gasteiger partial charge < -0.3 is 0 Å². The van der Waals surface area contributed by atoms with E-state index >= 15 is 0 Å². The van der Waals surface area contributed by atoms with Crippen LogP contribution in [0.5, 0.6) is 0 Å². The zero-order valence-electron chi connectivity index (χ0n) is 8.18. The molecule has 16 heavy (non-hydrogen) atoms. The molecule has 0 saturated carbocycles. The molecule has 1 aromatic carbocycles. The molecular weight excluding hydrogens is 206 g/mol. The summed E-state index contributed by atoms with van der Waals surface area (Å²) < 4.78 is 1.27. The number of aromatic nitrogens is 3. The molecule has 0 aliphatic carbocycles. The van der Waals surface area contributed by atoms with Crippen LogP contribution in [0.25, 0.3) is 16.6 Å². The number of fused-ring (bicyclic) bond motifs is 2. The number of nitrogens with zero attached hydrogens (tertiary/aromatic N) is 2. The van der Waals surface area contributed by atoms with Crippen molar-refractivity contribution in [1.29, 1.82) is 0 Å². The predicted octanol–water partition coefficient (Wildman–Crippen LogP) is 0.988. The number of carbonyl (C=O) groups excluding carboxylic acids is 1. The maximum atomic E-state index is 12.0. The number of carbonyl (C=O) groups is 1. The summed E-state index contributed by atoms with van der Waals surface area (Å²) in [6.45, 7) is 0. The van der Waals surface area contributed by atoms with Gasteiger partial charge in [0.25, 0.3) is 5.56 Å². The first-order chi connectivity index (χ1) is 7.81. The first-order valence-corrected chi connectivity index (χ1v) is 4.75. The maximum Gasteiger partial charge on any atom is 0.280 e. The molecule has 3 aromatic rings. The fraction of sp³-hybridized carbons (Fsp3) is 0. The van der Waals surface area contributed by atoms with Crippen LogP contribution >= 0.6 is 0 Å². The monoisotopic (exact) mass is 213 g/mol. The van der Waals surface area contributed by atoms with E-state index < -0.39 is 0 Å². The molecule has 3 rings (SSSR count). The molecule has 0 saturated heterocycles. The van der Waals surface area contributed by atoms with Crippen LogP contribution in [0.1, 0.15) is 10.4 Å². The van der Waals surface area contributed by atoms with E-state index in [1.807, 2.05) is 0 Å². The number of aldehydes is 1. The van der Waals surface area contributed by atoms with Crippen molar-refractivity contribution in [3.05, 3.63) is 46.4 Å². The van der Waals surface area contributed by atoms with Crippen LogP contribution in [0, 0.1) is 0 Å². The average molecular weight is 213 g/mol. The lowest BCUT2D eigenvalue weighted by Gasteiger charge is -1.97. The van der Waals surface area contributed by atoms with Gasteiger partial charge in [-0.3, -0.25) is 14.7 Å². The number of H-pyrrole nitrogens is 1. The molecule has 2 aromatic heterocycles. The number of rotatable bonds is 1. The van der Waals surface area contributed by atoms with Crippen molar-refractivity contribution in [2.45, 2.75) is 0 Å². The lowest BCUT2D eigenvalue weighted by molar-refractivity contribution is 0.112. The first-order valence-electron chi connectivity index (χ1n) is 4.75. The third kappa shape index (κ3) is 1.02. The Morgan fingerprint density at radius 3 is 2.94 bits per heavy atom. The van der Waals surface area contributed by atoms with Gasteiger partial charge in [0, 0.05) is 6.20 Å². The molecule has 0 amide bonds. The van der Waals surface area contributed by atoms with Crippen molar-refractivity contribution in [1.82, 2.24) is 14.6 Å². The van der Waals surface area contributed by atoms with E-state index in [0.717, 1.165) is 0 Å². The Kier molecular flexibility index (Phi) is 1.67. The van der Waals surface area contributed by atoms with Gasteiger partial charge in [-0.2, -0.15) is 0 Å². The summed E-state index contributed by atoms with van der Waals surface area (Å²) in [5.74, 6) is 0. The van der Waals surface area contributed by atoms with Crippen LogP contribution in [0.2, 0.25) is 0 Å². The summed E-state index contributed by atoms with van der Waals surface area (Å²) >= 11 is 0. The largest absolute Gasteiger partial charge is 0.298 e. The fourth-order valence-corrected chi connectivity index (χ4v) is 1.73. The summed E-state index contributed by atoms with van der Waals surface area (Å²) in [5, 5.41) is 3.24. The van der Waals surface area contributed by atoms with Crippen molar-refractivity contribution in [3.63, 3.8) is 0 Å². The van der Waals surface area contributed by atoms with E-state index in [9.17, 15) is 9.59 Å². The van der Waals surface area contributed by atoms with Crippen molar-refractivity contribution >= 4 is 22.8 Å². The lowest BCUT2D eigenvalue weighted by Crippen LogP contribution is -2.15. The van der Waals surface area contributed by atoms with Gasteiger partial charge in [0.15, 0.2) is 11.9 Å². The molecule has 0 radical (unpaired) electrons. The predicted molar refractivity (Wildman–Crippen MR) is 58.7 cm³/mol. The standard InChI is InChI=1S/C11H7N3O2/c15-6-7-5-12-14-10(7)13-9-4-2-1-3-8(9)11(14)16/h1-6,12H. The third-order valence-electron chi connectivity index (χ3n) is 2.51. The highest BCUT2D eigenvalue weighted by atomic mass is 16.1. The van der Waals surface area contributed by atoms with Crippen molar-refractivity contribution < 1.29 is 4.79 Å². The molecule has 1 N–H and O–H groups in total. The van der Waals surface area contributed by atoms with Crippen molar-refractivity contribution in [3.8, 4) is 0 Å². The Morgan fingerprint density at radius 2 is 2.12 bits per heavy atom. The normalized spacial score (nSPS) is 11.0. The highest BCUT2D eigenvalue weighted by Crippen LogP contribution is 2.10. The molecule has 0 atom stereocenters. The van der Waals surface area contributed by atoms with Crippen LogP contribution in [0.15, 0.2) is 35.3 Å². The first kappa shape index (κ1) is 8.84. The summed E-state index contributed by atoms with van der Waals surface area (Å²) in [6.07, 6.45) is 2.14. The van der Waals surface area contributed by atoms with E-state index in [2.05, 4.69) is 10.1 Å². The Balaban J connectivity index is 2.63. The Bertz CT molecular complexity index is 755. The van der Waals surface area contributed by atoms with Gasteiger partial charge in [-0.1, -0.05) is 12.1 Å². The number of hydrogen-bond acceptors (Lipinski definition) is 3. The van der Waals surface area contributed by atoms with Gasteiger partial charge in [0.05, 0.1) is 16.5 Å².